The molecule has 0 saturated carbocycles. The molecule has 1 aliphatic rings. The quantitative estimate of drug-likeness (QED) is 0.685. The Labute approximate surface area is 126 Å². The number of morpholine rings is 1. The molecule has 5 nitrogen and oxygen atoms in total. The second-order valence-corrected chi connectivity index (χ2v) is 5.37. The van der Waals surface area contributed by atoms with Gasteiger partial charge in [-0.05, 0) is 30.7 Å². The molecule has 0 aliphatic carbocycles. The lowest BCUT2D eigenvalue weighted by Gasteiger charge is -2.28. The second kappa shape index (κ2) is 9.00. The Morgan fingerprint density at radius 3 is 2.67 bits per heavy atom. The van der Waals surface area contributed by atoms with Crippen molar-refractivity contribution < 1.29 is 14.6 Å². The molecule has 0 radical (unpaired) electrons. The van der Waals surface area contributed by atoms with Crippen LogP contribution in [0, 0.1) is 0 Å². The maximum absolute atomic E-state index is 10.0. The molecule has 2 rings (SSSR count). The fraction of sp³-hybridized carbons (Fsp3) is 0.625. The van der Waals surface area contributed by atoms with Crippen molar-refractivity contribution in [2.45, 2.75) is 12.5 Å². The van der Waals surface area contributed by atoms with Gasteiger partial charge in [0.05, 0.1) is 26.4 Å². The van der Waals surface area contributed by atoms with E-state index in [1.807, 2.05) is 12.1 Å². The first-order valence-corrected chi connectivity index (χ1v) is 7.60. The van der Waals surface area contributed by atoms with Crippen molar-refractivity contribution in [2.75, 3.05) is 53.0 Å². The van der Waals surface area contributed by atoms with Crippen molar-refractivity contribution >= 4 is 0 Å². The minimum absolute atomic E-state index is 0.320. The molecule has 1 aromatic carbocycles. The smallest absolute Gasteiger partial charge is 0.118 e. The van der Waals surface area contributed by atoms with Gasteiger partial charge in [0.15, 0.2) is 0 Å². The second-order valence-electron chi connectivity index (χ2n) is 5.37. The van der Waals surface area contributed by atoms with Gasteiger partial charge in [-0.1, -0.05) is 12.1 Å². The number of hydrogen-bond donors (Lipinski definition) is 2. The number of nitrogens with zero attached hydrogens (tertiary/aromatic N) is 1. The third-order valence-electron chi connectivity index (χ3n) is 3.70. The van der Waals surface area contributed by atoms with Crippen molar-refractivity contribution in [1.82, 2.24) is 10.2 Å². The van der Waals surface area contributed by atoms with Crippen LogP contribution in [0.5, 0.6) is 5.75 Å². The molecule has 0 amide bonds. The van der Waals surface area contributed by atoms with E-state index in [0.717, 1.165) is 51.6 Å². The number of ether oxygens (including phenoxy) is 2. The third-order valence-corrected chi connectivity index (χ3v) is 3.70. The Kier molecular flexibility index (Phi) is 6.95. The predicted molar refractivity (Wildman–Crippen MR) is 82.8 cm³/mol. The number of methoxy groups -OCH3 is 1. The molecule has 118 valence electrons. The summed E-state index contributed by atoms with van der Waals surface area (Å²) in [7, 11) is 1.67. The molecule has 1 saturated heterocycles. The Balaban J connectivity index is 1.57. The van der Waals surface area contributed by atoms with Crippen molar-refractivity contribution in [1.29, 1.82) is 0 Å². The summed E-state index contributed by atoms with van der Waals surface area (Å²) in [5.41, 5.74) is 1.27. The first kappa shape index (κ1) is 16.2. The molecule has 0 aromatic heterocycles. The summed E-state index contributed by atoms with van der Waals surface area (Å²) < 4.78 is 10.4. The molecule has 2 N–H and O–H groups in total. The van der Waals surface area contributed by atoms with Crippen LogP contribution < -0.4 is 10.1 Å². The Bertz CT molecular complexity index is 391. The summed E-state index contributed by atoms with van der Waals surface area (Å²) >= 11 is 0. The van der Waals surface area contributed by atoms with Gasteiger partial charge in [0.1, 0.15) is 5.75 Å². The highest BCUT2D eigenvalue weighted by Crippen LogP contribution is 2.11. The zero-order valence-corrected chi connectivity index (χ0v) is 12.8. The van der Waals surface area contributed by atoms with Crippen LogP contribution >= 0.6 is 0 Å². The van der Waals surface area contributed by atoms with Crippen LogP contribution in [0.1, 0.15) is 5.56 Å². The van der Waals surface area contributed by atoms with Gasteiger partial charge < -0.3 is 19.9 Å². The summed E-state index contributed by atoms with van der Waals surface area (Å²) in [4.78, 5) is 2.25. The monoisotopic (exact) mass is 294 g/mol. The van der Waals surface area contributed by atoms with Crippen LogP contribution in [0.25, 0.3) is 0 Å². The molecule has 0 spiro atoms. The van der Waals surface area contributed by atoms with E-state index < -0.39 is 0 Å². The summed E-state index contributed by atoms with van der Waals surface area (Å²) in [5, 5.41) is 13.3. The molecule has 1 atom stereocenters. The highest BCUT2D eigenvalue weighted by Gasteiger charge is 2.14. The summed E-state index contributed by atoms with van der Waals surface area (Å²) in [6.45, 7) is 5.61. The average molecular weight is 294 g/mol. The number of benzene rings is 1. The van der Waals surface area contributed by atoms with Crippen molar-refractivity contribution in [3.63, 3.8) is 0 Å². The van der Waals surface area contributed by atoms with E-state index in [4.69, 9.17) is 9.47 Å². The normalized spacial score (nSPS) is 17.6. The van der Waals surface area contributed by atoms with Crippen molar-refractivity contribution in [3.05, 3.63) is 29.8 Å². The standard InChI is InChI=1S/C16H26N2O3/c1-20-16-4-2-14(3-5-16)6-7-17-12-15(19)13-18-8-10-21-11-9-18/h2-5,15,17,19H,6-13H2,1H3. The summed E-state index contributed by atoms with van der Waals surface area (Å²) in [6.07, 6.45) is 0.632. The molecular weight excluding hydrogens is 268 g/mol. The zero-order chi connectivity index (χ0) is 14.9. The van der Waals surface area contributed by atoms with E-state index in [2.05, 4.69) is 22.3 Å². The molecule has 5 heteroatoms. The SMILES string of the molecule is COc1ccc(CCNCC(O)CN2CCOCC2)cc1. The van der Waals surface area contributed by atoms with E-state index in [1.165, 1.54) is 5.56 Å². The van der Waals surface area contributed by atoms with Gasteiger partial charge in [-0.2, -0.15) is 0 Å². The number of hydrogen-bond acceptors (Lipinski definition) is 5. The minimum atomic E-state index is -0.320. The van der Waals surface area contributed by atoms with E-state index in [0.29, 0.717) is 6.54 Å². The molecule has 21 heavy (non-hydrogen) atoms. The Morgan fingerprint density at radius 1 is 1.29 bits per heavy atom. The maximum atomic E-state index is 10.0. The predicted octanol–water partition coefficient (Wildman–Crippen LogP) is 0.520. The molecule has 0 bridgehead atoms. The summed E-state index contributed by atoms with van der Waals surface area (Å²) in [5.74, 6) is 0.882. The highest BCUT2D eigenvalue weighted by atomic mass is 16.5. The summed E-state index contributed by atoms with van der Waals surface area (Å²) in [6, 6.07) is 8.10. The van der Waals surface area contributed by atoms with Gasteiger partial charge in [0, 0.05) is 26.2 Å². The Morgan fingerprint density at radius 2 is 2.00 bits per heavy atom. The minimum Gasteiger partial charge on any atom is -0.497 e. The van der Waals surface area contributed by atoms with Crippen LogP contribution in [0.4, 0.5) is 0 Å². The van der Waals surface area contributed by atoms with Gasteiger partial charge in [0.2, 0.25) is 0 Å². The van der Waals surface area contributed by atoms with Crippen LogP contribution in [0.2, 0.25) is 0 Å². The molecule has 1 aromatic rings. The van der Waals surface area contributed by atoms with Crippen LogP contribution in [-0.4, -0.2) is 69.2 Å². The lowest BCUT2D eigenvalue weighted by molar-refractivity contribution is 0.0150. The number of aliphatic hydroxyl groups excluding tert-OH is 1. The number of rotatable bonds is 8. The van der Waals surface area contributed by atoms with E-state index in [-0.39, 0.29) is 6.10 Å². The zero-order valence-electron chi connectivity index (χ0n) is 12.8. The number of nitrogens with one attached hydrogen (secondary N) is 1. The van der Waals surface area contributed by atoms with E-state index in [1.54, 1.807) is 7.11 Å². The van der Waals surface area contributed by atoms with Gasteiger partial charge in [-0.15, -0.1) is 0 Å². The lowest BCUT2D eigenvalue weighted by atomic mass is 10.1. The highest BCUT2D eigenvalue weighted by molar-refractivity contribution is 5.27. The largest absolute Gasteiger partial charge is 0.497 e. The number of aliphatic hydroxyl groups is 1. The lowest BCUT2D eigenvalue weighted by Crippen LogP contribution is -2.43. The Hall–Kier alpha value is -1.14. The van der Waals surface area contributed by atoms with E-state index >= 15 is 0 Å². The molecule has 1 fully saturated rings. The fourth-order valence-corrected chi connectivity index (χ4v) is 2.44. The van der Waals surface area contributed by atoms with Crippen LogP contribution in [-0.2, 0) is 11.2 Å². The van der Waals surface area contributed by atoms with Gasteiger partial charge in [-0.3, -0.25) is 4.90 Å². The molecule has 1 heterocycles. The first-order chi connectivity index (χ1) is 10.3. The van der Waals surface area contributed by atoms with Crippen LogP contribution in [0.15, 0.2) is 24.3 Å². The van der Waals surface area contributed by atoms with E-state index in [9.17, 15) is 5.11 Å². The third kappa shape index (κ3) is 6.01. The maximum Gasteiger partial charge on any atom is 0.118 e. The fourth-order valence-electron chi connectivity index (χ4n) is 2.44. The molecular formula is C16H26N2O3. The first-order valence-electron chi connectivity index (χ1n) is 7.60. The van der Waals surface area contributed by atoms with Crippen molar-refractivity contribution in [2.24, 2.45) is 0 Å². The van der Waals surface area contributed by atoms with Crippen molar-refractivity contribution in [3.8, 4) is 5.75 Å². The topological polar surface area (TPSA) is 54.0 Å². The average Bonchev–Trinajstić information content (AvgIpc) is 2.53. The van der Waals surface area contributed by atoms with Gasteiger partial charge >= 0.3 is 0 Å². The van der Waals surface area contributed by atoms with Gasteiger partial charge in [-0.25, -0.2) is 0 Å². The van der Waals surface area contributed by atoms with Crippen LogP contribution in [0.3, 0.4) is 0 Å². The number of β-amino-alcohol motifs (C(OH)–C–C–N with tert-alkyl or cyclic N) is 1. The molecule has 1 aliphatic heterocycles. The molecule has 1 unspecified atom stereocenters. The van der Waals surface area contributed by atoms with Gasteiger partial charge in [0.25, 0.3) is 0 Å².